The maximum atomic E-state index is 2.48. The summed E-state index contributed by atoms with van der Waals surface area (Å²) in [5.74, 6) is 0. The maximum absolute atomic E-state index is 2.48. The Hall–Kier alpha value is 0. The van der Waals surface area contributed by atoms with E-state index in [1.165, 1.54) is 83.5 Å². The molecule has 0 bridgehead atoms. The predicted molar refractivity (Wildman–Crippen MR) is 87.6 cm³/mol. The molecule has 1 saturated carbocycles. The summed E-state index contributed by atoms with van der Waals surface area (Å²) in [5, 5.41) is 0. The standard InChI is InChI=1S/C19H38/c1-18(2)14-10-7-5-6-8-11-15-19(3,4)17-13-9-12-16-18/h5-17H2,1-4H3. The van der Waals surface area contributed by atoms with Crippen molar-refractivity contribution in [2.45, 2.75) is 111 Å². The first-order chi connectivity index (χ1) is 8.91. The Morgan fingerprint density at radius 3 is 0.895 bits per heavy atom. The van der Waals surface area contributed by atoms with Gasteiger partial charge in [0, 0.05) is 0 Å². The summed E-state index contributed by atoms with van der Waals surface area (Å²) >= 11 is 0. The van der Waals surface area contributed by atoms with Gasteiger partial charge in [-0.1, -0.05) is 85.5 Å². The Morgan fingerprint density at radius 1 is 0.368 bits per heavy atom. The zero-order valence-electron chi connectivity index (χ0n) is 14.2. The minimum Gasteiger partial charge on any atom is -0.0599 e. The van der Waals surface area contributed by atoms with Crippen LogP contribution in [0.3, 0.4) is 0 Å². The molecule has 0 heterocycles. The SMILES string of the molecule is CC1(C)CCCCCCCCC(C)(C)CCCCC1. The Balaban J connectivity index is 2.38. The smallest absolute Gasteiger partial charge is 0.0354 e. The van der Waals surface area contributed by atoms with E-state index in [9.17, 15) is 0 Å². The first-order valence-electron chi connectivity index (χ1n) is 8.91. The molecule has 0 aromatic rings. The zero-order valence-corrected chi connectivity index (χ0v) is 14.2. The summed E-state index contributed by atoms with van der Waals surface area (Å²) in [6.07, 6.45) is 18.9. The molecule has 0 aromatic heterocycles. The number of hydrogen-bond donors (Lipinski definition) is 0. The molecule has 0 amide bonds. The van der Waals surface area contributed by atoms with Gasteiger partial charge in [0.25, 0.3) is 0 Å². The molecule has 0 N–H and O–H groups in total. The molecule has 0 saturated heterocycles. The van der Waals surface area contributed by atoms with Crippen LogP contribution in [0.4, 0.5) is 0 Å². The van der Waals surface area contributed by atoms with Crippen LogP contribution < -0.4 is 0 Å². The third-order valence-corrected chi connectivity index (χ3v) is 5.16. The molecule has 0 spiro atoms. The number of rotatable bonds is 0. The lowest BCUT2D eigenvalue weighted by Gasteiger charge is -2.26. The van der Waals surface area contributed by atoms with E-state index in [1.54, 1.807) is 0 Å². The summed E-state index contributed by atoms with van der Waals surface area (Å²) in [5.41, 5.74) is 1.19. The van der Waals surface area contributed by atoms with Gasteiger partial charge in [-0.25, -0.2) is 0 Å². The summed E-state index contributed by atoms with van der Waals surface area (Å²) in [6, 6.07) is 0. The van der Waals surface area contributed by atoms with Crippen molar-refractivity contribution in [3.63, 3.8) is 0 Å². The lowest BCUT2D eigenvalue weighted by molar-refractivity contribution is 0.267. The lowest BCUT2D eigenvalue weighted by Crippen LogP contribution is -2.12. The minimum absolute atomic E-state index is 0.593. The second-order valence-corrected chi connectivity index (χ2v) is 8.51. The minimum atomic E-state index is 0.593. The van der Waals surface area contributed by atoms with Crippen molar-refractivity contribution in [1.29, 1.82) is 0 Å². The van der Waals surface area contributed by atoms with Crippen molar-refractivity contribution >= 4 is 0 Å². The third kappa shape index (κ3) is 8.71. The van der Waals surface area contributed by atoms with E-state index in [1.807, 2.05) is 0 Å². The van der Waals surface area contributed by atoms with E-state index in [4.69, 9.17) is 0 Å². The first kappa shape index (κ1) is 17.1. The van der Waals surface area contributed by atoms with Gasteiger partial charge in [0.1, 0.15) is 0 Å². The Morgan fingerprint density at radius 2 is 0.579 bits per heavy atom. The fourth-order valence-electron chi connectivity index (χ4n) is 3.55. The highest BCUT2D eigenvalue weighted by molar-refractivity contribution is 4.72. The summed E-state index contributed by atoms with van der Waals surface area (Å²) < 4.78 is 0. The normalized spacial score (nSPS) is 27.2. The van der Waals surface area contributed by atoms with Crippen LogP contribution in [-0.2, 0) is 0 Å². The van der Waals surface area contributed by atoms with Crippen molar-refractivity contribution in [3.05, 3.63) is 0 Å². The van der Waals surface area contributed by atoms with E-state index in [0.29, 0.717) is 10.8 Å². The van der Waals surface area contributed by atoms with Gasteiger partial charge < -0.3 is 0 Å². The fraction of sp³-hybridized carbons (Fsp3) is 1.00. The zero-order chi connectivity index (χ0) is 14.2. The van der Waals surface area contributed by atoms with Crippen LogP contribution in [0.2, 0.25) is 0 Å². The Labute approximate surface area is 122 Å². The Kier molecular flexibility index (Phi) is 7.47. The monoisotopic (exact) mass is 266 g/mol. The average Bonchev–Trinajstić information content (AvgIpc) is 2.31. The maximum Gasteiger partial charge on any atom is -0.0354 e. The van der Waals surface area contributed by atoms with E-state index >= 15 is 0 Å². The molecule has 1 aliphatic carbocycles. The van der Waals surface area contributed by atoms with E-state index in [0.717, 1.165) is 0 Å². The summed E-state index contributed by atoms with van der Waals surface area (Å²) in [4.78, 5) is 0. The highest BCUT2D eigenvalue weighted by atomic mass is 14.2. The fourth-order valence-corrected chi connectivity index (χ4v) is 3.55. The molecule has 0 aliphatic heterocycles. The van der Waals surface area contributed by atoms with Crippen LogP contribution in [0.5, 0.6) is 0 Å². The van der Waals surface area contributed by atoms with Gasteiger partial charge >= 0.3 is 0 Å². The predicted octanol–water partition coefficient (Wildman–Crippen LogP) is 7.12. The van der Waals surface area contributed by atoms with Crippen LogP contribution in [-0.4, -0.2) is 0 Å². The number of hydrogen-bond acceptors (Lipinski definition) is 0. The van der Waals surface area contributed by atoms with Crippen molar-refractivity contribution in [1.82, 2.24) is 0 Å². The molecule has 114 valence electrons. The molecular weight excluding hydrogens is 228 g/mol. The van der Waals surface area contributed by atoms with Gasteiger partial charge in [-0.15, -0.1) is 0 Å². The second kappa shape index (κ2) is 8.32. The van der Waals surface area contributed by atoms with Gasteiger partial charge in [-0.05, 0) is 36.5 Å². The van der Waals surface area contributed by atoms with Crippen molar-refractivity contribution in [3.8, 4) is 0 Å². The van der Waals surface area contributed by atoms with E-state index in [-0.39, 0.29) is 0 Å². The van der Waals surface area contributed by atoms with Crippen LogP contribution in [0, 0.1) is 10.8 Å². The highest BCUT2D eigenvalue weighted by Crippen LogP contribution is 2.33. The average molecular weight is 267 g/mol. The van der Waals surface area contributed by atoms with Crippen LogP contribution >= 0.6 is 0 Å². The Bertz CT molecular complexity index is 200. The van der Waals surface area contributed by atoms with E-state index in [2.05, 4.69) is 27.7 Å². The molecule has 1 fully saturated rings. The second-order valence-electron chi connectivity index (χ2n) is 8.51. The van der Waals surface area contributed by atoms with Crippen LogP contribution in [0.15, 0.2) is 0 Å². The molecule has 1 rings (SSSR count). The molecule has 0 atom stereocenters. The summed E-state index contributed by atoms with van der Waals surface area (Å²) in [7, 11) is 0. The molecule has 19 heavy (non-hydrogen) atoms. The molecule has 0 nitrogen and oxygen atoms in total. The quantitative estimate of drug-likeness (QED) is 0.437. The van der Waals surface area contributed by atoms with Crippen LogP contribution in [0.1, 0.15) is 111 Å². The van der Waals surface area contributed by atoms with Crippen molar-refractivity contribution < 1.29 is 0 Å². The van der Waals surface area contributed by atoms with Gasteiger partial charge in [-0.3, -0.25) is 0 Å². The van der Waals surface area contributed by atoms with E-state index < -0.39 is 0 Å². The molecule has 1 aliphatic rings. The van der Waals surface area contributed by atoms with Crippen molar-refractivity contribution in [2.24, 2.45) is 10.8 Å². The molecular formula is C19H38. The lowest BCUT2D eigenvalue weighted by atomic mass is 9.80. The van der Waals surface area contributed by atoms with Gasteiger partial charge in [0.05, 0.1) is 0 Å². The summed E-state index contributed by atoms with van der Waals surface area (Å²) in [6.45, 7) is 9.92. The van der Waals surface area contributed by atoms with Gasteiger partial charge in [0.15, 0.2) is 0 Å². The third-order valence-electron chi connectivity index (χ3n) is 5.16. The van der Waals surface area contributed by atoms with Crippen LogP contribution in [0.25, 0.3) is 0 Å². The van der Waals surface area contributed by atoms with Gasteiger partial charge in [0.2, 0.25) is 0 Å². The molecule has 0 heteroatoms. The molecule has 0 radical (unpaired) electrons. The topological polar surface area (TPSA) is 0 Å². The highest BCUT2D eigenvalue weighted by Gasteiger charge is 2.19. The van der Waals surface area contributed by atoms with Gasteiger partial charge in [-0.2, -0.15) is 0 Å². The molecule has 0 aromatic carbocycles. The first-order valence-corrected chi connectivity index (χ1v) is 8.91. The molecule has 0 unspecified atom stereocenters. The van der Waals surface area contributed by atoms with Crippen molar-refractivity contribution in [2.75, 3.05) is 0 Å². The largest absolute Gasteiger partial charge is 0.0599 e.